The minimum atomic E-state index is -1.69. The third-order valence-electron chi connectivity index (χ3n) is 2.28. The van der Waals surface area contributed by atoms with E-state index in [1.807, 2.05) is 36.4 Å². The van der Waals surface area contributed by atoms with Crippen molar-refractivity contribution in [2.24, 2.45) is 0 Å². The van der Waals surface area contributed by atoms with Crippen LogP contribution in [0.25, 0.3) is 0 Å². The Bertz CT molecular complexity index is 535. The quantitative estimate of drug-likeness (QED) is 0.655. The number of benzene rings is 2. The summed E-state index contributed by atoms with van der Waals surface area (Å²) in [5.74, 6) is -1.57. The number of rotatable bonds is 5. The fourth-order valence-electron chi connectivity index (χ4n) is 1.44. The highest BCUT2D eigenvalue weighted by Crippen LogP contribution is 2.20. The van der Waals surface area contributed by atoms with Crippen molar-refractivity contribution < 1.29 is 24.5 Å². The lowest BCUT2D eigenvalue weighted by Gasteiger charge is -2.25. The summed E-state index contributed by atoms with van der Waals surface area (Å²) in [5, 5.41) is 17.6. The molecular weight excluding hydrogens is 284 g/mol. The molecule has 0 atom stereocenters. The molecule has 0 aromatic heterocycles. The monoisotopic (exact) mass is 302 g/mol. The topological polar surface area (TPSA) is 76.0 Å². The Balaban J connectivity index is 0.000000422. The van der Waals surface area contributed by atoms with Gasteiger partial charge in [0.05, 0.1) is 0 Å². The van der Waals surface area contributed by atoms with Crippen molar-refractivity contribution >= 4 is 5.97 Å². The van der Waals surface area contributed by atoms with Crippen molar-refractivity contribution in [2.45, 2.75) is 12.9 Å². The lowest BCUT2D eigenvalue weighted by Crippen LogP contribution is -2.38. The molecule has 0 radical (unpaired) electrons. The van der Waals surface area contributed by atoms with E-state index < -0.39 is 11.9 Å². The van der Waals surface area contributed by atoms with Gasteiger partial charge in [-0.3, -0.25) is 0 Å². The molecule has 0 spiro atoms. The first-order valence-electron chi connectivity index (χ1n) is 6.49. The minimum absolute atomic E-state index is 0.549. The molecule has 0 unspecified atom stereocenters. The zero-order valence-electron chi connectivity index (χ0n) is 12.2. The first-order chi connectivity index (χ1) is 10.4. The van der Waals surface area contributed by atoms with Gasteiger partial charge in [-0.25, -0.2) is 4.79 Å². The molecule has 0 fully saturated rings. The van der Waals surface area contributed by atoms with Crippen LogP contribution in [0.5, 0.6) is 11.5 Å². The van der Waals surface area contributed by atoms with Crippen molar-refractivity contribution in [3.05, 3.63) is 73.3 Å². The second-order valence-electron chi connectivity index (χ2n) is 4.27. The van der Waals surface area contributed by atoms with Gasteiger partial charge in [-0.2, -0.15) is 0 Å². The van der Waals surface area contributed by atoms with Crippen molar-refractivity contribution in [2.75, 3.05) is 0 Å². The molecular formula is C17H18O5. The summed E-state index contributed by atoms with van der Waals surface area (Å²) < 4.78 is 10.7. The van der Waals surface area contributed by atoms with Crippen LogP contribution >= 0.6 is 0 Å². The predicted molar refractivity (Wildman–Crippen MR) is 82.6 cm³/mol. The van der Waals surface area contributed by atoms with Crippen molar-refractivity contribution in [1.82, 2.24) is 0 Å². The first-order valence-corrected chi connectivity index (χ1v) is 6.49. The van der Waals surface area contributed by atoms with Gasteiger partial charge in [0, 0.05) is 13.0 Å². The SMILES string of the molecule is C=CC(=O)O.CC(O)(Oc1ccccc1)Oc1ccccc1. The number of carboxylic acid groups (broad SMARTS) is 1. The van der Waals surface area contributed by atoms with E-state index in [9.17, 15) is 9.90 Å². The van der Waals surface area contributed by atoms with Gasteiger partial charge in [0.2, 0.25) is 0 Å². The summed E-state index contributed by atoms with van der Waals surface area (Å²) in [4.78, 5) is 9.25. The lowest BCUT2D eigenvalue weighted by atomic mass is 10.3. The molecule has 0 amide bonds. The number of para-hydroxylation sites is 2. The zero-order chi connectivity index (χ0) is 16.4. The van der Waals surface area contributed by atoms with E-state index in [0.717, 1.165) is 6.08 Å². The molecule has 0 saturated carbocycles. The number of aliphatic carboxylic acids is 1. The van der Waals surface area contributed by atoms with E-state index in [1.165, 1.54) is 6.92 Å². The van der Waals surface area contributed by atoms with Gasteiger partial charge in [-0.1, -0.05) is 43.0 Å². The Morgan fingerprint density at radius 3 is 1.59 bits per heavy atom. The molecule has 0 bridgehead atoms. The highest BCUT2D eigenvalue weighted by atomic mass is 16.8. The van der Waals surface area contributed by atoms with E-state index >= 15 is 0 Å². The number of hydrogen-bond donors (Lipinski definition) is 2. The predicted octanol–water partition coefficient (Wildman–Crippen LogP) is 3.07. The van der Waals surface area contributed by atoms with Gasteiger partial charge >= 0.3 is 11.9 Å². The molecule has 5 nitrogen and oxygen atoms in total. The van der Waals surface area contributed by atoms with Crippen molar-refractivity contribution in [1.29, 1.82) is 0 Å². The second kappa shape index (κ2) is 8.49. The summed E-state index contributed by atoms with van der Waals surface area (Å²) in [6.07, 6.45) is 0.833. The lowest BCUT2D eigenvalue weighted by molar-refractivity contribution is -0.258. The smallest absolute Gasteiger partial charge is 0.366 e. The zero-order valence-corrected chi connectivity index (χ0v) is 12.2. The molecule has 116 valence electrons. The third kappa shape index (κ3) is 7.12. The Morgan fingerprint density at radius 2 is 1.32 bits per heavy atom. The number of carbonyl (C=O) groups is 1. The molecule has 0 aliphatic heterocycles. The van der Waals surface area contributed by atoms with E-state index in [1.54, 1.807) is 24.3 Å². The Hall–Kier alpha value is -2.79. The van der Waals surface area contributed by atoms with Gasteiger partial charge in [-0.05, 0) is 24.3 Å². The van der Waals surface area contributed by atoms with E-state index in [-0.39, 0.29) is 0 Å². The standard InChI is InChI=1S/C14H14O3.C3H4O2/c1-14(15,16-12-8-4-2-5-9-12)17-13-10-6-3-7-11-13;1-2-3(4)5/h2-11,15H,1H3;2H,1H2,(H,4,5). The van der Waals surface area contributed by atoms with Crippen molar-refractivity contribution in [3.8, 4) is 11.5 Å². The summed E-state index contributed by atoms with van der Waals surface area (Å²) >= 11 is 0. The summed E-state index contributed by atoms with van der Waals surface area (Å²) in [6.45, 7) is 4.41. The third-order valence-corrected chi connectivity index (χ3v) is 2.28. The number of hydrogen-bond acceptors (Lipinski definition) is 4. The van der Waals surface area contributed by atoms with Crippen LogP contribution in [0, 0.1) is 0 Å². The van der Waals surface area contributed by atoms with Gasteiger partial charge in [0.15, 0.2) is 0 Å². The minimum Gasteiger partial charge on any atom is -0.478 e. The van der Waals surface area contributed by atoms with Gasteiger partial charge in [0.25, 0.3) is 0 Å². The second-order valence-corrected chi connectivity index (χ2v) is 4.27. The van der Waals surface area contributed by atoms with Crippen LogP contribution in [0.15, 0.2) is 73.3 Å². The Kier molecular flexibility index (Phi) is 6.66. The van der Waals surface area contributed by atoms with Gasteiger partial charge < -0.3 is 19.7 Å². The molecule has 0 aliphatic carbocycles. The van der Waals surface area contributed by atoms with E-state index in [2.05, 4.69) is 6.58 Å². The molecule has 2 rings (SSSR count). The normalized spacial score (nSPS) is 9.91. The molecule has 22 heavy (non-hydrogen) atoms. The maximum Gasteiger partial charge on any atom is 0.366 e. The van der Waals surface area contributed by atoms with Crippen LogP contribution in [0.1, 0.15) is 6.92 Å². The molecule has 0 heterocycles. The Labute approximate surface area is 129 Å². The first kappa shape index (κ1) is 17.3. The summed E-state index contributed by atoms with van der Waals surface area (Å²) in [5.41, 5.74) is 0. The highest BCUT2D eigenvalue weighted by Gasteiger charge is 2.24. The van der Waals surface area contributed by atoms with E-state index in [0.29, 0.717) is 11.5 Å². The maximum atomic E-state index is 9.98. The molecule has 0 saturated heterocycles. The molecule has 2 aromatic carbocycles. The highest BCUT2D eigenvalue weighted by molar-refractivity contribution is 5.78. The average Bonchev–Trinajstić information content (AvgIpc) is 2.49. The largest absolute Gasteiger partial charge is 0.478 e. The van der Waals surface area contributed by atoms with Crippen LogP contribution in [-0.2, 0) is 4.79 Å². The molecule has 5 heteroatoms. The van der Waals surface area contributed by atoms with Gasteiger partial charge in [0.1, 0.15) is 11.5 Å². The van der Waals surface area contributed by atoms with Crippen LogP contribution < -0.4 is 9.47 Å². The maximum absolute atomic E-state index is 9.98. The molecule has 2 N–H and O–H groups in total. The number of aliphatic hydroxyl groups is 1. The van der Waals surface area contributed by atoms with Gasteiger partial charge in [-0.15, -0.1) is 0 Å². The van der Waals surface area contributed by atoms with Crippen LogP contribution in [0.3, 0.4) is 0 Å². The fraction of sp³-hybridized carbons (Fsp3) is 0.118. The fourth-order valence-corrected chi connectivity index (χ4v) is 1.44. The Morgan fingerprint density at radius 1 is 1.00 bits per heavy atom. The number of carboxylic acids is 1. The van der Waals surface area contributed by atoms with E-state index in [4.69, 9.17) is 14.6 Å². The summed E-state index contributed by atoms with van der Waals surface area (Å²) in [6, 6.07) is 18.1. The van der Waals surface area contributed by atoms with Crippen molar-refractivity contribution in [3.63, 3.8) is 0 Å². The van der Waals surface area contributed by atoms with Crippen LogP contribution in [0.4, 0.5) is 0 Å². The molecule has 0 aliphatic rings. The van der Waals surface area contributed by atoms with Crippen LogP contribution in [0.2, 0.25) is 0 Å². The average molecular weight is 302 g/mol. The molecule has 2 aromatic rings. The summed E-state index contributed by atoms with van der Waals surface area (Å²) in [7, 11) is 0. The van der Waals surface area contributed by atoms with Crippen LogP contribution in [-0.4, -0.2) is 22.2 Å². The number of ether oxygens (including phenoxy) is 2.